The van der Waals surface area contributed by atoms with Crippen molar-refractivity contribution in [1.82, 2.24) is 20.0 Å². The molecule has 3 heterocycles. The third-order valence-corrected chi connectivity index (χ3v) is 5.36. The Morgan fingerprint density at radius 1 is 1.13 bits per heavy atom. The number of aromatic nitrogens is 3. The Labute approximate surface area is 175 Å². The molecule has 0 aliphatic carbocycles. The molecule has 2 aromatic heterocycles. The van der Waals surface area contributed by atoms with Crippen LogP contribution in [0, 0.1) is 13.8 Å². The van der Waals surface area contributed by atoms with Crippen molar-refractivity contribution in [2.24, 2.45) is 0 Å². The van der Waals surface area contributed by atoms with E-state index in [1.807, 2.05) is 30.9 Å². The van der Waals surface area contributed by atoms with E-state index in [0.29, 0.717) is 61.0 Å². The first-order chi connectivity index (χ1) is 14.5. The number of aromatic hydroxyl groups is 1. The molecule has 0 saturated carbocycles. The average Bonchev–Trinajstić information content (AvgIpc) is 3.13. The van der Waals surface area contributed by atoms with Gasteiger partial charge in [0.25, 0.3) is 5.91 Å². The van der Waals surface area contributed by atoms with Crippen LogP contribution in [0.25, 0.3) is 11.4 Å². The van der Waals surface area contributed by atoms with Crippen molar-refractivity contribution in [3.05, 3.63) is 53.0 Å². The van der Waals surface area contributed by atoms with Gasteiger partial charge < -0.3 is 19.4 Å². The molecule has 4 rings (SSSR count). The quantitative estimate of drug-likeness (QED) is 0.710. The molecule has 156 valence electrons. The van der Waals surface area contributed by atoms with Crippen molar-refractivity contribution >= 4 is 11.7 Å². The van der Waals surface area contributed by atoms with Gasteiger partial charge in [0.05, 0.1) is 11.3 Å². The van der Waals surface area contributed by atoms with Gasteiger partial charge in [0.1, 0.15) is 22.9 Å². The third-order valence-electron chi connectivity index (χ3n) is 5.36. The number of nitrogens with zero attached hydrogens (tertiary/aromatic N) is 5. The largest absolute Gasteiger partial charge is 0.507 e. The average molecular weight is 407 g/mol. The fourth-order valence-corrected chi connectivity index (χ4v) is 3.73. The fraction of sp³-hybridized carbons (Fsp3) is 0.364. The number of aryl methyl sites for hydroxylation is 3. The number of benzene rings is 1. The Bertz CT molecular complexity index is 1070. The van der Waals surface area contributed by atoms with Gasteiger partial charge in [0, 0.05) is 37.9 Å². The van der Waals surface area contributed by atoms with Gasteiger partial charge in [0.15, 0.2) is 5.82 Å². The van der Waals surface area contributed by atoms with E-state index in [0.717, 1.165) is 11.5 Å². The van der Waals surface area contributed by atoms with Gasteiger partial charge in [-0.15, -0.1) is 0 Å². The Hall–Kier alpha value is -3.42. The molecule has 8 nitrogen and oxygen atoms in total. The van der Waals surface area contributed by atoms with Crippen LogP contribution in [0.1, 0.15) is 34.4 Å². The van der Waals surface area contributed by atoms with Gasteiger partial charge in [-0.05, 0) is 32.4 Å². The predicted molar refractivity (Wildman–Crippen MR) is 113 cm³/mol. The molecule has 8 heteroatoms. The molecule has 1 N–H and O–H groups in total. The molecule has 1 aliphatic heterocycles. The number of phenolic OH excluding ortho intramolecular Hbond substituents is 1. The second kappa shape index (κ2) is 8.14. The Balaban J connectivity index is 1.51. The van der Waals surface area contributed by atoms with Crippen LogP contribution in [0.2, 0.25) is 0 Å². The van der Waals surface area contributed by atoms with Crippen molar-refractivity contribution in [1.29, 1.82) is 0 Å². The lowest BCUT2D eigenvalue weighted by molar-refractivity contribution is 0.0744. The minimum Gasteiger partial charge on any atom is -0.507 e. The van der Waals surface area contributed by atoms with Gasteiger partial charge >= 0.3 is 0 Å². The number of carbonyl (C=O) groups is 1. The smallest absolute Gasteiger partial charge is 0.259 e. The highest BCUT2D eigenvalue weighted by molar-refractivity contribution is 5.96. The van der Waals surface area contributed by atoms with Crippen LogP contribution in [0.4, 0.5) is 5.82 Å². The summed E-state index contributed by atoms with van der Waals surface area (Å²) in [5, 5.41) is 14.2. The maximum absolute atomic E-state index is 13.0. The zero-order chi connectivity index (χ0) is 21.3. The topological polar surface area (TPSA) is 95.6 Å². The molecule has 0 atom stereocenters. The normalized spacial score (nSPS) is 14.2. The van der Waals surface area contributed by atoms with E-state index in [2.05, 4.69) is 20.0 Å². The summed E-state index contributed by atoms with van der Waals surface area (Å²) in [7, 11) is 0. The number of phenols is 1. The van der Waals surface area contributed by atoms with E-state index >= 15 is 0 Å². The Morgan fingerprint density at radius 3 is 2.57 bits per heavy atom. The summed E-state index contributed by atoms with van der Waals surface area (Å²) in [6, 6.07) is 8.98. The van der Waals surface area contributed by atoms with Crippen molar-refractivity contribution in [2.75, 3.05) is 31.1 Å². The second-order valence-corrected chi connectivity index (χ2v) is 7.40. The molecule has 0 radical (unpaired) electrons. The van der Waals surface area contributed by atoms with E-state index in [9.17, 15) is 9.90 Å². The zero-order valence-electron chi connectivity index (χ0n) is 17.4. The molecule has 1 amide bonds. The maximum Gasteiger partial charge on any atom is 0.259 e. The SMILES string of the molecule is CCc1noc(C)c1C(=O)N1CCN(c2cc(C)nc(-c3ccccc3O)n2)CC1. The van der Waals surface area contributed by atoms with Gasteiger partial charge in [0.2, 0.25) is 0 Å². The lowest BCUT2D eigenvalue weighted by Crippen LogP contribution is -2.49. The predicted octanol–water partition coefficient (Wildman–Crippen LogP) is 2.98. The van der Waals surface area contributed by atoms with Crippen LogP contribution < -0.4 is 4.90 Å². The number of amides is 1. The molecule has 1 aromatic carbocycles. The van der Waals surface area contributed by atoms with E-state index in [-0.39, 0.29) is 11.7 Å². The highest BCUT2D eigenvalue weighted by Gasteiger charge is 2.28. The summed E-state index contributed by atoms with van der Waals surface area (Å²) in [6.07, 6.45) is 0.660. The number of hydrogen-bond donors (Lipinski definition) is 1. The van der Waals surface area contributed by atoms with Crippen molar-refractivity contribution in [3.8, 4) is 17.1 Å². The lowest BCUT2D eigenvalue weighted by Gasteiger charge is -2.35. The number of carbonyl (C=O) groups excluding carboxylic acids is 1. The lowest BCUT2D eigenvalue weighted by atomic mass is 10.1. The standard InChI is InChI=1S/C22H25N5O3/c1-4-17-20(15(3)30-25-17)22(29)27-11-9-26(10-12-27)19-13-14(2)23-21(24-19)16-7-5-6-8-18(16)28/h5-8,13,28H,4,9-12H2,1-3H3. The van der Waals surface area contributed by atoms with Gasteiger partial charge in [-0.1, -0.05) is 24.2 Å². The molecule has 1 fully saturated rings. The van der Waals surface area contributed by atoms with Crippen molar-refractivity contribution in [3.63, 3.8) is 0 Å². The summed E-state index contributed by atoms with van der Waals surface area (Å²) in [5.41, 5.74) is 2.72. The summed E-state index contributed by atoms with van der Waals surface area (Å²) in [4.78, 5) is 26.1. The minimum absolute atomic E-state index is 0.0287. The zero-order valence-corrected chi connectivity index (χ0v) is 17.4. The van der Waals surface area contributed by atoms with Crippen LogP contribution in [0.3, 0.4) is 0 Å². The Kier molecular flexibility index (Phi) is 5.39. The molecule has 0 bridgehead atoms. The molecule has 30 heavy (non-hydrogen) atoms. The van der Waals surface area contributed by atoms with Crippen molar-refractivity contribution < 1.29 is 14.4 Å². The van der Waals surface area contributed by atoms with Crippen molar-refractivity contribution in [2.45, 2.75) is 27.2 Å². The van der Waals surface area contributed by atoms with Crippen LogP contribution in [0.15, 0.2) is 34.9 Å². The van der Waals surface area contributed by atoms with E-state index in [1.54, 1.807) is 25.1 Å². The number of para-hydroxylation sites is 1. The number of hydrogen-bond acceptors (Lipinski definition) is 7. The fourth-order valence-electron chi connectivity index (χ4n) is 3.73. The third kappa shape index (κ3) is 3.72. The Morgan fingerprint density at radius 2 is 1.87 bits per heavy atom. The number of anilines is 1. The van der Waals surface area contributed by atoms with E-state index < -0.39 is 0 Å². The summed E-state index contributed by atoms with van der Waals surface area (Å²) < 4.78 is 5.22. The molecule has 1 saturated heterocycles. The first-order valence-corrected chi connectivity index (χ1v) is 10.1. The van der Waals surface area contributed by atoms with E-state index in [4.69, 9.17) is 4.52 Å². The summed E-state index contributed by atoms with van der Waals surface area (Å²) in [5.74, 6) is 1.98. The molecular weight excluding hydrogens is 382 g/mol. The van der Waals surface area contributed by atoms with Crippen LogP contribution in [-0.2, 0) is 6.42 Å². The maximum atomic E-state index is 13.0. The summed E-state index contributed by atoms with van der Waals surface area (Å²) >= 11 is 0. The van der Waals surface area contributed by atoms with Crippen LogP contribution in [-0.4, -0.2) is 57.2 Å². The molecule has 0 spiro atoms. The number of piperazine rings is 1. The number of rotatable bonds is 4. The van der Waals surface area contributed by atoms with Gasteiger partial charge in [-0.25, -0.2) is 9.97 Å². The monoisotopic (exact) mass is 407 g/mol. The highest BCUT2D eigenvalue weighted by Crippen LogP contribution is 2.28. The summed E-state index contributed by atoms with van der Waals surface area (Å²) in [6.45, 7) is 8.15. The molecule has 0 unspecified atom stereocenters. The minimum atomic E-state index is -0.0287. The first-order valence-electron chi connectivity index (χ1n) is 10.1. The molecule has 1 aliphatic rings. The molecular formula is C22H25N5O3. The van der Waals surface area contributed by atoms with Gasteiger partial charge in [-0.3, -0.25) is 4.79 Å². The first kappa shape index (κ1) is 19.9. The van der Waals surface area contributed by atoms with Crippen LogP contribution in [0.5, 0.6) is 5.75 Å². The van der Waals surface area contributed by atoms with Crippen LogP contribution >= 0.6 is 0 Å². The van der Waals surface area contributed by atoms with Gasteiger partial charge in [-0.2, -0.15) is 0 Å². The molecule has 3 aromatic rings. The van der Waals surface area contributed by atoms with E-state index in [1.165, 1.54) is 0 Å². The second-order valence-electron chi connectivity index (χ2n) is 7.40. The highest BCUT2D eigenvalue weighted by atomic mass is 16.5.